The number of aryl methyl sites for hydroxylation is 1. The number of morpholine rings is 1. The molecule has 0 radical (unpaired) electrons. The van der Waals surface area contributed by atoms with E-state index < -0.39 is 0 Å². The third-order valence-electron chi connectivity index (χ3n) is 5.66. The molecule has 7 heteroatoms. The number of rotatable bonds is 8. The summed E-state index contributed by atoms with van der Waals surface area (Å²) < 4.78 is 18.6. The molecule has 1 aromatic heterocycles. The summed E-state index contributed by atoms with van der Waals surface area (Å²) >= 11 is 0. The van der Waals surface area contributed by atoms with Gasteiger partial charge in [-0.3, -0.25) is 4.90 Å². The highest BCUT2D eigenvalue weighted by Gasteiger charge is 2.18. The maximum Gasteiger partial charge on any atom is 0.206 e. The number of fused-ring (bicyclic) bond motifs is 1. The standard InChI is InChI=1S/C23H30N4O3/c1-25-20-7-5-4-6-19(20)24-23(25)27(11-10-26-12-14-30-15-13-26)17-18-8-9-21(28-2)22(16-18)29-3/h4-9,16H,10-15,17H2,1-3H3. The van der Waals surface area contributed by atoms with E-state index in [0.29, 0.717) is 0 Å². The van der Waals surface area contributed by atoms with Crippen molar-refractivity contribution < 1.29 is 14.2 Å². The Morgan fingerprint density at radius 2 is 1.80 bits per heavy atom. The SMILES string of the molecule is COc1ccc(CN(CCN2CCOCC2)c2nc3ccccc3n2C)cc1OC. The van der Waals surface area contributed by atoms with Gasteiger partial charge in [0.25, 0.3) is 0 Å². The van der Waals surface area contributed by atoms with E-state index in [1.165, 1.54) is 0 Å². The van der Waals surface area contributed by atoms with Gasteiger partial charge in [-0.05, 0) is 29.8 Å². The monoisotopic (exact) mass is 410 g/mol. The van der Waals surface area contributed by atoms with Gasteiger partial charge in [0, 0.05) is 39.8 Å². The Bertz CT molecular complexity index is 982. The van der Waals surface area contributed by atoms with E-state index in [0.717, 1.165) is 80.0 Å². The molecule has 2 aromatic carbocycles. The number of nitrogens with zero attached hydrogens (tertiary/aromatic N) is 4. The Balaban J connectivity index is 1.61. The third-order valence-corrected chi connectivity index (χ3v) is 5.66. The zero-order valence-electron chi connectivity index (χ0n) is 18.0. The summed E-state index contributed by atoms with van der Waals surface area (Å²) in [4.78, 5) is 9.73. The lowest BCUT2D eigenvalue weighted by atomic mass is 10.2. The second kappa shape index (κ2) is 9.36. The molecule has 160 valence electrons. The van der Waals surface area contributed by atoms with Crippen molar-refractivity contribution in [2.24, 2.45) is 7.05 Å². The lowest BCUT2D eigenvalue weighted by Crippen LogP contribution is -2.41. The van der Waals surface area contributed by atoms with Crippen LogP contribution in [0.3, 0.4) is 0 Å². The average molecular weight is 411 g/mol. The summed E-state index contributed by atoms with van der Waals surface area (Å²) in [5.74, 6) is 2.45. The predicted octanol–water partition coefficient (Wildman–Crippen LogP) is 2.93. The van der Waals surface area contributed by atoms with Gasteiger partial charge < -0.3 is 23.7 Å². The first kappa shape index (κ1) is 20.5. The first-order chi connectivity index (χ1) is 14.7. The molecular formula is C23H30N4O3. The zero-order chi connectivity index (χ0) is 20.9. The highest BCUT2D eigenvalue weighted by Crippen LogP contribution is 2.29. The summed E-state index contributed by atoms with van der Waals surface area (Å²) in [5, 5.41) is 0. The lowest BCUT2D eigenvalue weighted by Gasteiger charge is -2.30. The smallest absolute Gasteiger partial charge is 0.206 e. The molecule has 0 bridgehead atoms. The van der Waals surface area contributed by atoms with Gasteiger partial charge in [0.05, 0.1) is 38.5 Å². The second-order valence-electron chi connectivity index (χ2n) is 7.52. The normalized spacial score (nSPS) is 14.8. The molecule has 4 rings (SSSR count). The highest BCUT2D eigenvalue weighted by molar-refractivity contribution is 5.78. The maximum atomic E-state index is 5.50. The first-order valence-corrected chi connectivity index (χ1v) is 10.4. The molecule has 0 saturated carbocycles. The summed E-state index contributed by atoms with van der Waals surface area (Å²) in [6.07, 6.45) is 0. The maximum absolute atomic E-state index is 5.50. The molecule has 2 heterocycles. The lowest BCUT2D eigenvalue weighted by molar-refractivity contribution is 0.0391. The molecule has 0 atom stereocenters. The van der Waals surface area contributed by atoms with Crippen LogP contribution < -0.4 is 14.4 Å². The zero-order valence-corrected chi connectivity index (χ0v) is 18.0. The fraction of sp³-hybridized carbons (Fsp3) is 0.435. The average Bonchev–Trinajstić information content (AvgIpc) is 3.13. The van der Waals surface area contributed by atoms with Crippen LogP contribution in [0.25, 0.3) is 11.0 Å². The summed E-state index contributed by atoms with van der Waals surface area (Å²) in [6.45, 7) is 6.16. The quantitative estimate of drug-likeness (QED) is 0.569. The number of ether oxygens (including phenoxy) is 3. The number of imidazole rings is 1. The number of methoxy groups -OCH3 is 2. The van der Waals surface area contributed by atoms with Crippen molar-refractivity contribution in [3.05, 3.63) is 48.0 Å². The van der Waals surface area contributed by atoms with Gasteiger partial charge in [0.2, 0.25) is 5.95 Å². The number of aromatic nitrogens is 2. The minimum atomic E-state index is 0.738. The van der Waals surface area contributed by atoms with Crippen molar-refractivity contribution in [1.82, 2.24) is 14.5 Å². The van der Waals surface area contributed by atoms with E-state index in [1.54, 1.807) is 14.2 Å². The van der Waals surface area contributed by atoms with Crippen molar-refractivity contribution in [2.75, 3.05) is 58.5 Å². The van der Waals surface area contributed by atoms with Gasteiger partial charge in [-0.25, -0.2) is 4.98 Å². The van der Waals surface area contributed by atoms with Gasteiger partial charge >= 0.3 is 0 Å². The molecule has 0 amide bonds. The third kappa shape index (κ3) is 4.37. The van der Waals surface area contributed by atoms with Crippen LogP contribution in [-0.4, -0.2) is 68.1 Å². The highest BCUT2D eigenvalue weighted by atomic mass is 16.5. The second-order valence-corrected chi connectivity index (χ2v) is 7.52. The largest absolute Gasteiger partial charge is 0.493 e. The minimum absolute atomic E-state index is 0.738. The summed E-state index contributed by atoms with van der Waals surface area (Å²) in [6, 6.07) is 14.4. The van der Waals surface area contributed by atoms with Gasteiger partial charge in [-0.15, -0.1) is 0 Å². The Hall–Kier alpha value is -2.77. The van der Waals surface area contributed by atoms with E-state index >= 15 is 0 Å². The molecule has 0 aliphatic carbocycles. The molecule has 0 N–H and O–H groups in total. The minimum Gasteiger partial charge on any atom is -0.493 e. The van der Waals surface area contributed by atoms with Gasteiger partial charge in [0.1, 0.15) is 0 Å². The van der Waals surface area contributed by atoms with Crippen LogP contribution in [0.1, 0.15) is 5.56 Å². The van der Waals surface area contributed by atoms with E-state index in [4.69, 9.17) is 19.2 Å². The van der Waals surface area contributed by atoms with Crippen molar-refractivity contribution in [2.45, 2.75) is 6.54 Å². The number of hydrogen-bond donors (Lipinski definition) is 0. The first-order valence-electron chi connectivity index (χ1n) is 10.4. The van der Waals surface area contributed by atoms with Crippen LogP contribution in [0, 0.1) is 0 Å². The van der Waals surface area contributed by atoms with Crippen molar-refractivity contribution in [1.29, 1.82) is 0 Å². The van der Waals surface area contributed by atoms with Crippen LogP contribution in [0.4, 0.5) is 5.95 Å². The number of para-hydroxylation sites is 2. The van der Waals surface area contributed by atoms with E-state index in [-0.39, 0.29) is 0 Å². The molecule has 0 unspecified atom stereocenters. The van der Waals surface area contributed by atoms with E-state index in [1.807, 2.05) is 18.2 Å². The Morgan fingerprint density at radius 1 is 1.03 bits per heavy atom. The van der Waals surface area contributed by atoms with E-state index in [2.05, 4.69) is 45.7 Å². The number of benzene rings is 2. The fourth-order valence-electron chi connectivity index (χ4n) is 3.95. The van der Waals surface area contributed by atoms with Crippen LogP contribution in [-0.2, 0) is 18.3 Å². The molecule has 30 heavy (non-hydrogen) atoms. The van der Waals surface area contributed by atoms with Gasteiger partial charge in [0.15, 0.2) is 11.5 Å². The van der Waals surface area contributed by atoms with Gasteiger partial charge in [-0.1, -0.05) is 18.2 Å². The van der Waals surface area contributed by atoms with Crippen LogP contribution in [0.15, 0.2) is 42.5 Å². The number of hydrogen-bond acceptors (Lipinski definition) is 6. The Morgan fingerprint density at radius 3 is 2.53 bits per heavy atom. The molecule has 1 fully saturated rings. The molecular weight excluding hydrogens is 380 g/mol. The van der Waals surface area contributed by atoms with Gasteiger partial charge in [-0.2, -0.15) is 0 Å². The number of anilines is 1. The molecule has 1 aliphatic rings. The van der Waals surface area contributed by atoms with E-state index in [9.17, 15) is 0 Å². The molecule has 1 aliphatic heterocycles. The summed E-state index contributed by atoms with van der Waals surface area (Å²) in [7, 11) is 5.41. The topological polar surface area (TPSA) is 52.0 Å². The van der Waals surface area contributed by atoms with Crippen LogP contribution in [0.2, 0.25) is 0 Å². The molecule has 7 nitrogen and oxygen atoms in total. The molecule has 0 spiro atoms. The molecule has 3 aromatic rings. The Kier molecular flexibility index (Phi) is 6.40. The van der Waals surface area contributed by atoms with Crippen molar-refractivity contribution in [3.8, 4) is 11.5 Å². The van der Waals surface area contributed by atoms with Crippen molar-refractivity contribution >= 4 is 17.0 Å². The summed E-state index contributed by atoms with van der Waals surface area (Å²) in [5.41, 5.74) is 3.30. The van der Waals surface area contributed by atoms with Crippen LogP contribution in [0.5, 0.6) is 11.5 Å². The fourth-order valence-corrected chi connectivity index (χ4v) is 3.95. The predicted molar refractivity (Wildman–Crippen MR) is 119 cm³/mol. The van der Waals surface area contributed by atoms with Crippen LogP contribution >= 0.6 is 0 Å². The Labute approximate surface area is 177 Å². The molecule has 1 saturated heterocycles. The van der Waals surface area contributed by atoms with Crippen molar-refractivity contribution in [3.63, 3.8) is 0 Å².